The topological polar surface area (TPSA) is 59.0 Å². The Hall–Kier alpha value is -1.36. The minimum absolute atomic E-state index is 0.0434. The third-order valence-corrected chi connectivity index (χ3v) is 3.45. The van der Waals surface area contributed by atoms with Crippen LogP contribution in [-0.2, 0) is 7.05 Å². The number of carbonyl (C=O) groups is 1. The lowest BCUT2D eigenvalue weighted by molar-refractivity contribution is 0.0937. The molecule has 2 atom stereocenters. The smallest absolute Gasteiger partial charge is 0.269 e. The van der Waals surface area contributed by atoms with Crippen LogP contribution in [0.1, 0.15) is 42.4 Å². The van der Waals surface area contributed by atoms with Crippen LogP contribution in [-0.4, -0.2) is 34.3 Å². The number of carbonyl (C=O) groups excluding carboxylic acids is 1. The summed E-state index contributed by atoms with van der Waals surface area (Å²) in [6, 6.07) is 2.76. The number of rotatable bonds is 3. The summed E-state index contributed by atoms with van der Waals surface area (Å²) < 4.78 is 1.63. The maximum absolute atomic E-state index is 12.0. The average Bonchev–Trinajstić information content (AvgIpc) is 2.66. The Balaban J connectivity index is 1.86. The molecule has 2 unspecified atom stereocenters. The first kappa shape index (κ1) is 13.1. The van der Waals surface area contributed by atoms with Gasteiger partial charge in [-0.1, -0.05) is 6.42 Å². The van der Waals surface area contributed by atoms with Crippen LogP contribution in [0.4, 0.5) is 0 Å². The average molecular weight is 250 g/mol. The number of nitrogens with zero attached hydrogens (tertiary/aromatic N) is 2. The molecule has 0 aliphatic carbocycles. The van der Waals surface area contributed by atoms with E-state index in [0.29, 0.717) is 24.3 Å². The summed E-state index contributed by atoms with van der Waals surface area (Å²) in [5.41, 5.74) is 1.49. The predicted molar refractivity (Wildman–Crippen MR) is 70.5 cm³/mol. The highest BCUT2D eigenvalue weighted by atomic mass is 16.2. The number of hydrogen-bond acceptors (Lipinski definition) is 3. The molecule has 1 saturated heterocycles. The van der Waals surface area contributed by atoms with E-state index in [1.165, 1.54) is 12.8 Å². The standard InChI is InChI=1S/C13H22N4O/c1-9-5-4-6-11(15-9)8-14-13(18)12-7-10(2)16-17(12)3/h7,9,11,15H,4-6,8H2,1-3H3,(H,14,18). The predicted octanol–water partition coefficient (Wildman–Crippen LogP) is 0.989. The zero-order valence-corrected chi connectivity index (χ0v) is 11.4. The van der Waals surface area contributed by atoms with Gasteiger partial charge in [0.1, 0.15) is 5.69 Å². The number of aryl methyl sites for hydroxylation is 2. The molecular weight excluding hydrogens is 228 g/mol. The van der Waals surface area contributed by atoms with Crippen molar-refractivity contribution >= 4 is 5.91 Å². The number of amides is 1. The van der Waals surface area contributed by atoms with E-state index in [0.717, 1.165) is 12.1 Å². The molecular formula is C13H22N4O. The van der Waals surface area contributed by atoms with Crippen LogP contribution < -0.4 is 10.6 Å². The fraction of sp³-hybridized carbons (Fsp3) is 0.692. The van der Waals surface area contributed by atoms with E-state index in [4.69, 9.17) is 0 Å². The Bertz CT molecular complexity index is 427. The summed E-state index contributed by atoms with van der Waals surface area (Å²) in [5, 5.41) is 10.7. The van der Waals surface area contributed by atoms with Crippen LogP contribution in [0.3, 0.4) is 0 Å². The van der Waals surface area contributed by atoms with E-state index in [-0.39, 0.29) is 5.91 Å². The fourth-order valence-electron chi connectivity index (χ4n) is 2.53. The van der Waals surface area contributed by atoms with Gasteiger partial charge in [-0.15, -0.1) is 0 Å². The molecule has 0 spiro atoms. The summed E-state index contributed by atoms with van der Waals surface area (Å²) in [6.07, 6.45) is 3.60. The van der Waals surface area contributed by atoms with Crippen molar-refractivity contribution in [2.45, 2.75) is 45.2 Å². The van der Waals surface area contributed by atoms with Gasteiger partial charge in [0.15, 0.2) is 0 Å². The lowest BCUT2D eigenvalue weighted by Crippen LogP contribution is -2.47. The van der Waals surface area contributed by atoms with E-state index >= 15 is 0 Å². The minimum atomic E-state index is -0.0434. The Morgan fingerprint density at radius 2 is 2.39 bits per heavy atom. The zero-order valence-electron chi connectivity index (χ0n) is 11.4. The molecule has 100 valence electrons. The SMILES string of the molecule is Cc1cc(C(=O)NCC2CCCC(C)N2)n(C)n1. The van der Waals surface area contributed by atoms with Crippen LogP contribution >= 0.6 is 0 Å². The first-order valence-electron chi connectivity index (χ1n) is 6.61. The maximum Gasteiger partial charge on any atom is 0.269 e. The molecule has 0 aromatic carbocycles. The van der Waals surface area contributed by atoms with Crippen LogP contribution in [0.25, 0.3) is 0 Å². The summed E-state index contributed by atoms with van der Waals surface area (Å²) in [6.45, 7) is 4.77. The number of nitrogens with one attached hydrogen (secondary N) is 2. The van der Waals surface area contributed by atoms with Gasteiger partial charge >= 0.3 is 0 Å². The first-order valence-corrected chi connectivity index (χ1v) is 6.61. The first-order chi connectivity index (χ1) is 8.56. The second kappa shape index (κ2) is 5.52. The third kappa shape index (κ3) is 3.10. The zero-order chi connectivity index (χ0) is 13.1. The molecule has 5 nitrogen and oxygen atoms in total. The van der Waals surface area contributed by atoms with Crippen LogP contribution in [0.2, 0.25) is 0 Å². The van der Waals surface area contributed by atoms with Crippen molar-refractivity contribution < 1.29 is 4.79 Å². The number of piperidine rings is 1. The molecule has 2 N–H and O–H groups in total. The van der Waals surface area contributed by atoms with Crippen molar-refractivity contribution in [1.29, 1.82) is 0 Å². The highest BCUT2D eigenvalue weighted by Crippen LogP contribution is 2.11. The largest absolute Gasteiger partial charge is 0.349 e. The number of aromatic nitrogens is 2. The summed E-state index contributed by atoms with van der Waals surface area (Å²) in [4.78, 5) is 12.0. The molecule has 1 aromatic rings. The molecule has 1 aromatic heterocycles. The van der Waals surface area contributed by atoms with Gasteiger partial charge in [0.2, 0.25) is 0 Å². The normalized spacial score (nSPS) is 23.9. The Kier molecular flexibility index (Phi) is 4.01. The van der Waals surface area contributed by atoms with Crippen molar-refractivity contribution in [1.82, 2.24) is 20.4 Å². The second-order valence-electron chi connectivity index (χ2n) is 5.20. The molecule has 1 fully saturated rings. The van der Waals surface area contributed by atoms with Crippen LogP contribution in [0, 0.1) is 6.92 Å². The quantitative estimate of drug-likeness (QED) is 0.841. The van der Waals surface area contributed by atoms with E-state index in [1.54, 1.807) is 11.7 Å². The summed E-state index contributed by atoms with van der Waals surface area (Å²) >= 11 is 0. The summed E-state index contributed by atoms with van der Waals surface area (Å²) in [7, 11) is 1.79. The fourth-order valence-corrected chi connectivity index (χ4v) is 2.53. The Morgan fingerprint density at radius 1 is 1.61 bits per heavy atom. The molecule has 2 rings (SSSR count). The van der Waals surface area contributed by atoms with Gasteiger partial charge in [0.25, 0.3) is 5.91 Å². The van der Waals surface area contributed by atoms with E-state index < -0.39 is 0 Å². The van der Waals surface area contributed by atoms with Crippen molar-refractivity contribution in [3.63, 3.8) is 0 Å². The number of hydrogen-bond donors (Lipinski definition) is 2. The van der Waals surface area contributed by atoms with Gasteiger partial charge in [-0.2, -0.15) is 5.10 Å². The van der Waals surface area contributed by atoms with E-state index in [9.17, 15) is 4.79 Å². The molecule has 5 heteroatoms. The van der Waals surface area contributed by atoms with Gasteiger partial charge in [-0.3, -0.25) is 9.48 Å². The van der Waals surface area contributed by atoms with Crippen molar-refractivity contribution in [3.05, 3.63) is 17.5 Å². The van der Waals surface area contributed by atoms with Gasteiger partial charge in [0.05, 0.1) is 5.69 Å². The van der Waals surface area contributed by atoms with Crippen molar-refractivity contribution in [2.75, 3.05) is 6.54 Å². The monoisotopic (exact) mass is 250 g/mol. The van der Waals surface area contributed by atoms with Gasteiger partial charge in [0, 0.05) is 25.7 Å². The molecule has 1 aliphatic heterocycles. The summed E-state index contributed by atoms with van der Waals surface area (Å²) in [5.74, 6) is -0.0434. The highest BCUT2D eigenvalue weighted by Gasteiger charge is 2.19. The van der Waals surface area contributed by atoms with Crippen LogP contribution in [0.15, 0.2) is 6.07 Å². The lowest BCUT2D eigenvalue weighted by atomic mass is 10.00. The molecule has 1 amide bonds. The highest BCUT2D eigenvalue weighted by molar-refractivity contribution is 5.92. The Morgan fingerprint density at radius 3 is 3.00 bits per heavy atom. The van der Waals surface area contributed by atoms with Crippen molar-refractivity contribution in [3.8, 4) is 0 Å². The maximum atomic E-state index is 12.0. The van der Waals surface area contributed by atoms with Crippen LogP contribution in [0.5, 0.6) is 0 Å². The molecule has 0 saturated carbocycles. The third-order valence-electron chi connectivity index (χ3n) is 3.45. The second-order valence-corrected chi connectivity index (χ2v) is 5.20. The van der Waals surface area contributed by atoms with Gasteiger partial charge in [-0.05, 0) is 32.8 Å². The van der Waals surface area contributed by atoms with Crippen molar-refractivity contribution in [2.24, 2.45) is 7.05 Å². The van der Waals surface area contributed by atoms with E-state index in [2.05, 4.69) is 22.7 Å². The molecule has 18 heavy (non-hydrogen) atoms. The molecule has 0 bridgehead atoms. The Labute approximate surface area is 108 Å². The molecule has 2 heterocycles. The lowest BCUT2D eigenvalue weighted by Gasteiger charge is -2.28. The van der Waals surface area contributed by atoms with Gasteiger partial charge in [-0.25, -0.2) is 0 Å². The molecule has 1 aliphatic rings. The molecule has 0 radical (unpaired) electrons. The minimum Gasteiger partial charge on any atom is -0.349 e. The van der Waals surface area contributed by atoms with E-state index in [1.807, 2.05) is 13.0 Å². The van der Waals surface area contributed by atoms with Gasteiger partial charge < -0.3 is 10.6 Å².